The fourth-order valence-corrected chi connectivity index (χ4v) is 5.13. The summed E-state index contributed by atoms with van der Waals surface area (Å²) < 4.78 is 41.4. The van der Waals surface area contributed by atoms with Crippen molar-refractivity contribution >= 4 is 40.6 Å². The van der Waals surface area contributed by atoms with E-state index in [4.69, 9.17) is 4.84 Å². The molecule has 1 saturated heterocycles. The Balaban J connectivity index is 1.85. The summed E-state index contributed by atoms with van der Waals surface area (Å²) >= 11 is 2.40. The first-order valence-electron chi connectivity index (χ1n) is 10.1. The molecule has 0 bridgehead atoms. The zero-order chi connectivity index (χ0) is 24.5. The standard InChI is InChI=1S/C19H20F3N7O3S2/c1-3-4-8-28-12-13(25-16(26(2)14(12)30)34-17-24-7-11-33-17)29(32-15(31)19(20,21)22)18(28)27-9-5-23-6-10-27/h7,11,18,23H,5-6,8-10H2,1-2H3. The SMILES string of the molecule is CC#CCN1c2c(nc(Sc3nccs3)n(C)c2=O)N(OC(=O)C(F)(F)F)C1N1CCNCC1. The van der Waals surface area contributed by atoms with Crippen LogP contribution in [-0.4, -0.2) is 70.6 Å². The molecule has 10 nitrogen and oxygen atoms in total. The number of piperazine rings is 1. The number of nitrogens with zero attached hydrogens (tertiary/aromatic N) is 6. The van der Waals surface area contributed by atoms with Crippen molar-refractivity contribution in [2.24, 2.45) is 7.05 Å². The van der Waals surface area contributed by atoms with Gasteiger partial charge >= 0.3 is 12.1 Å². The van der Waals surface area contributed by atoms with Gasteiger partial charge in [0.2, 0.25) is 0 Å². The molecule has 4 heterocycles. The van der Waals surface area contributed by atoms with Crippen LogP contribution in [0.25, 0.3) is 0 Å². The van der Waals surface area contributed by atoms with E-state index >= 15 is 0 Å². The van der Waals surface area contributed by atoms with Gasteiger partial charge < -0.3 is 15.1 Å². The minimum absolute atomic E-state index is 0.00671. The molecule has 0 saturated carbocycles. The number of carbonyl (C=O) groups excluding carboxylic acids is 1. The van der Waals surface area contributed by atoms with E-state index in [9.17, 15) is 22.8 Å². The van der Waals surface area contributed by atoms with Gasteiger partial charge in [0.25, 0.3) is 5.56 Å². The molecule has 2 aliphatic rings. The van der Waals surface area contributed by atoms with E-state index < -0.39 is 24.0 Å². The Morgan fingerprint density at radius 2 is 2.12 bits per heavy atom. The molecule has 2 aromatic rings. The highest BCUT2D eigenvalue weighted by molar-refractivity contribution is 8.00. The van der Waals surface area contributed by atoms with Crippen molar-refractivity contribution in [1.82, 2.24) is 24.8 Å². The quantitative estimate of drug-likeness (QED) is 0.463. The monoisotopic (exact) mass is 515 g/mol. The summed E-state index contributed by atoms with van der Waals surface area (Å²) in [6.45, 7) is 3.65. The van der Waals surface area contributed by atoms with Crippen molar-refractivity contribution in [3.63, 3.8) is 0 Å². The van der Waals surface area contributed by atoms with Crippen LogP contribution in [0.1, 0.15) is 6.92 Å². The summed E-state index contributed by atoms with van der Waals surface area (Å²) in [5.41, 5.74) is -0.500. The zero-order valence-electron chi connectivity index (χ0n) is 18.1. The predicted octanol–water partition coefficient (Wildman–Crippen LogP) is 1.25. The molecule has 182 valence electrons. The van der Waals surface area contributed by atoms with E-state index in [1.807, 2.05) is 4.90 Å². The fourth-order valence-electron chi connectivity index (χ4n) is 3.56. The molecule has 2 aromatic heterocycles. The summed E-state index contributed by atoms with van der Waals surface area (Å²) in [5, 5.41) is 5.88. The van der Waals surface area contributed by atoms with E-state index in [1.54, 1.807) is 18.5 Å². The lowest BCUT2D eigenvalue weighted by Gasteiger charge is -2.40. The molecule has 2 aliphatic heterocycles. The van der Waals surface area contributed by atoms with Gasteiger partial charge in [0.05, 0.1) is 6.54 Å². The molecular weight excluding hydrogens is 495 g/mol. The Bertz CT molecular complexity index is 1170. The number of anilines is 2. The number of hydrogen-bond donors (Lipinski definition) is 1. The number of aromatic nitrogens is 3. The van der Waals surface area contributed by atoms with Crippen LogP contribution in [0, 0.1) is 11.8 Å². The average Bonchev–Trinajstić information content (AvgIpc) is 3.42. The summed E-state index contributed by atoms with van der Waals surface area (Å²) in [4.78, 5) is 42.1. The topological polar surface area (TPSA) is 95.8 Å². The summed E-state index contributed by atoms with van der Waals surface area (Å²) in [7, 11) is 1.51. The largest absolute Gasteiger partial charge is 0.493 e. The molecule has 0 radical (unpaired) electrons. The van der Waals surface area contributed by atoms with Crippen molar-refractivity contribution in [3.8, 4) is 11.8 Å². The maximum Gasteiger partial charge on any atom is 0.493 e. The first-order valence-corrected chi connectivity index (χ1v) is 11.8. The Hall–Kier alpha value is -2.80. The van der Waals surface area contributed by atoms with Crippen molar-refractivity contribution in [1.29, 1.82) is 0 Å². The van der Waals surface area contributed by atoms with E-state index in [0.717, 1.165) is 16.8 Å². The van der Waals surface area contributed by atoms with Gasteiger partial charge in [-0.2, -0.15) is 13.2 Å². The van der Waals surface area contributed by atoms with Crippen LogP contribution in [0.3, 0.4) is 0 Å². The zero-order valence-corrected chi connectivity index (χ0v) is 19.8. The second-order valence-electron chi connectivity index (χ2n) is 7.22. The number of hydrogen-bond acceptors (Lipinski definition) is 11. The van der Waals surface area contributed by atoms with Gasteiger partial charge in [-0.05, 0) is 18.7 Å². The molecule has 1 N–H and O–H groups in total. The number of halogens is 3. The lowest BCUT2D eigenvalue weighted by molar-refractivity contribution is -0.203. The second-order valence-corrected chi connectivity index (χ2v) is 9.33. The van der Waals surface area contributed by atoms with Crippen LogP contribution < -0.4 is 20.8 Å². The van der Waals surface area contributed by atoms with Crippen molar-refractivity contribution < 1.29 is 22.8 Å². The number of fused-ring (bicyclic) bond motifs is 1. The third-order valence-electron chi connectivity index (χ3n) is 5.10. The van der Waals surface area contributed by atoms with Crippen LogP contribution >= 0.6 is 23.1 Å². The number of thiazole rings is 1. The molecule has 1 atom stereocenters. The highest BCUT2D eigenvalue weighted by Crippen LogP contribution is 2.40. The van der Waals surface area contributed by atoms with Crippen molar-refractivity contribution in [2.75, 3.05) is 42.7 Å². The van der Waals surface area contributed by atoms with Crippen LogP contribution in [0.5, 0.6) is 0 Å². The molecule has 15 heteroatoms. The van der Waals surface area contributed by atoms with Crippen LogP contribution in [-0.2, 0) is 16.7 Å². The Morgan fingerprint density at radius 1 is 1.38 bits per heavy atom. The maximum atomic E-state index is 13.4. The molecule has 0 aliphatic carbocycles. The maximum absolute atomic E-state index is 13.4. The lowest BCUT2D eigenvalue weighted by Crippen LogP contribution is -2.61. The van der Waals surface area contributed by atoms with Gasteiger partial charge in [0, 0.05) is 44.8 Å². The smallest absolute Gasteiger partial charge is 0.327 e. The molecule has 0 amide bonds. The normalized spacial score (nSPS) is 18.4. The van der Waals surface area contributed by atoms with Gasteiger partial charge in [-0.15, -0.1) is 22.3 Å². The molecule has 1 unspecified atom stereocenters. The van der Waals surface area contributed by atoms with E-state index in [0.29, 0.717) is 30.5 Å². The fraction of sp³-hybridized carbons (Fsp3) is 0.474. The number of alkyl halides is 3. The minimum atomic E-state index is -5.23. The Morgan fingerprint density at radius 3 is 2.74 bits per heavy atom. The molecule has 0 spiro atoms. The minimum Gasteiger partial charge on any atom is -0.327 e. The first kappa shape index (κ1) is 24.3. The second kappa shape index (κ2) is 9.82. The Labute approximate surface area is 200 Å². The summed E-state index contributed by atoms with van der Waals surface area (Å²) in [5.74, 6) is 3.01. The molecular formula is C19H20F3N7O3S2. The number of nitrogens with one attached hydrogen (secondary N) is 1. The summed E-state index contributed by atoms with van der Waals surface area (Å²) in [6, 6.07) is 0. The summed E-state index contributed by atoms with van der Waals surface area (Å²) in [6.07, 6.45) is -4.67. The lowest BCUT2D eigenvalue weighted by atomic mass is 10.3. The van der Waals surface area contributed by atoms with Gasteiger partial charge in [-0.1, -0.05) is 5.92 Å². The van der Waals surface area contributed by atoms with Gasteiger partial charge in [-0.3, -0.25) is 14.3 Å². The first-order chi connectivity index (χ1) is 16.2. The van der Waals surface area contributed by atoms with E-state index in [-0.39, 0.29) is 23.2 Å². The van der Waals surface area contributed by atoms with Gasteiger partial charge in [0.15, 0.2) is 27.3 Å². The van der Waals surface area contributed by atoms with E-state index in [2.05, 4.69) is 27.1 Å². The molecule has 1 fully saturated rings. The molecule has 34 heavy (non-hydrogen) atoms. The average molecular weight is 516 g/mol. The van der Waals surface area contributed by atoms with Crippen LogP contribution in [0.15, 0.2) is 25.9 Å². The number of carbonyl (C=O) groups is 1. The van der Waals surface area contributed by atoms with Gasteiger partial charge in [0.1, 0.15) is 0 Å². The predicted molar refractivity (Wildman–Crippen MR) is 119 cm³/mol. The van der Waals surface area contributed by atoms with Gasteiger partial charge in [-0.25, -0.2) is 14.8 Å². The highest BCUT2D eigenvalue weighted by atomic mass is 32.2. The van der Waals surface area contributed by atoms with Crippen molar-refractivity contribution in [2.45, 2.75) is 28.9 Å². The third-order valence-corrected chi connectivity index (χ3v) is 7.03. The number of rotatable bonds is 5. The number of hydroxylamine groups is 1. The molecule has 0 aromatic carbocycles. The highest BCUT2D eigenvalue weighted by Gasteiger charge is 2.50. The van der Waals surface area contributed by atoms with Crippen LogP contribution in [0.4, 0.5) is 24.7 Å². The third kappa shape index (κ3) is 4.71. The van der Waals surface area contributed by atoms with Crippen LogP contribution in [0.2, 0.25) is 0 Å². The molecule has 4 rings (SSSR count). The Kier molecular flexibility index (Phi) is 7.03. The van der Waals surface area contributed by atoms with Crippen molar-refractivity contribution in [3.05, 3.63) is 21.9 Å². The van der Waals surface area contributed by atoms with E-state index in [1.165, 1.54) is 27.9 Å².